The van der Waals surface area contributed by atoms with Gasteiger partial charge in [0, 0.05) is 11.6 Å². The molecule has 19 heavy (non-hydrogen) atoms. The third-order valence-electron chi connectivity index (χ3n) is 2.66. The highest BCUT2D eigenvalue weighted by Gasteiger charge is 2.04. The predicted molar refractivity (Wildman–Crippen MR) is 75.7 cm³/mol. The standard InChI is InChI=1S/C14H16ClN3O/c1-3-10-6-12(4-5-13(10)15)19-14-9-17-11(7-16-2)8-18-14/h4-6,8-9,16H,3,7H2,1-2H3. The van der Waals surface area contributed by atoms with E-state index in [1.165, 1.54) is 0 Å². The van der Waals surface area contributed by atoms with Gasteiger partial charge in [-0.25, -0.2) is 4.98 Å². The summed E-state index contributed by atoms with van der Waals surface area (Å²) < 4.78 is 5.66. The quantitative estimate of drug-likeness (QED) is 0.912. The molecule has 100 valence electrons. The maximum Gasteiger partial charge on any atom is 0.237 e. The molecule has 0 fully saturated rings. The van der Waals surface area contributed by atoms with Crippen molar-refractivity contribution in [2.24, 2.45) is 0 Å². The number of ether oxygens (including phenoxy) is 1. The molecule has 5 heteroatoms. The molecule has 0 aliphatic carbocycles. The maximum absolute atomic E-state index is 6.06. The van der Waals surface area contributed by atoms with E-state index in [2.05, 4.69) is 22.2 Å². The summed E-state index contributed by atoms with van der Waals surface area (Å²) in [5, 5.41) is 3.77. The Labute approximate surface area is 117 Å². The van der Waals surface area contributed by atoms with Crippen LogP contribution >= 0.6 is 11.6 Å². The summed E-state index contributed by atoms with van der Waals surface area (Å²) in [5.41, 5.74) is 1.93. The van der Waals surface area contributed by atoms with Crippen molar-refractivity contribution in [2.45, 2.75) is 19.9 Å². The number of hydrogen-bond donors (Lipinski definition) is 1. The second kappa shape index (κ2) is 6.50. The molecule has 1 N–H and O–H groups in total. The fourth-order valence-electron chi connectivity index (χ4n) is 1.67. The molecule has 0 amide bonds. The number of aryl methyl sites for hydroxylation is 1. The van der Waals surface area contributed by atoms with Crippen LogP contribution in [0.3, 0.4) is 0 Å². The molecule has 1 aromatic heterocycles. The zero-order chi connectivity index (χ0) is 13.7. The van der Waals surface area contributed by atoms with E-state index < -0.39 is 0 Å². The van der Waals surface area contributed by atoms with E-state index in [9.17, 15) is 0 Å². The Hall–Kier alpha value is -1.65. The van der Waals surface area contributed by atoms with Crippen molar-refractivity contribution in [3.63, 3.8) is 0 Å². The molecule has 0 saturated heterocycles. The Morgan fingerprint density at radius 2 is 2.11 bits per heavy atom. The number of nitrogens with one attached hydrogen (secondary N) is 1. The van der Waals surface area contributed by atoms with Crippen molar-refractivity contribution in [3.8, 4) is 11.6 Å². The Morgan fingerprint density at radius 3 is 2.74 bits per heavy atom. The van der Waals surface area contributed by atoms with Gasteiger partial charge in [-0.2, -0.15) is 0 Å². The summed E-state index contributed by atoms with van der Waals surface area (Å²) in [6, 6.07) is 5.58. The molecule has 0 aliphatic heterocycles. The molecule has 0 aliphatic rings. The first-order valence-corrected chi connectivity index (χ1v) is 6.52. The Kier molecular flexibility index (Phi) is 4.71. The largest absolute Gasteiger partial charge is 0.437 e. The SMILES string of the molecule is CCc1cc(Oc2cnc(CNC)cn2)ccc1Cl. The van der Waals surface area contributed by atoms with Crippen LogP contribution in [0, 0.1) is 0 Å². The van der Waals surface area contributed by atoms with Gasteiger partial charge in [0.1, 0.15) is 5.75 Å². The van der Waals surface area contributed by atoms with Gasteiger partial charge in [0.05, 0.1) is 18.1 Å². The number of nitrogens with zero attached hydrogens (tertiary/aromatic N) is 2. The third kappa shape index (κ3) is 3.66. The second-order valence-corrected chi connectivity index (χ2v) is 4.49. The lowest BCUT2D eigenvalue weighted by atomic mass is 10.1. The monoisotopic (exact) mass is 277 g/mol. The Morgan fingerprint density at radius 1 is 1.26 bits per heavy atom. The number of rotatable bonds is 5. The highest BCUT2D eigenvalue weighted by Crippen LogP contribution is 2.25. The minimum atomic E-state index is 0.476. The minimum absolute atomic E-state index is 0.476. The van der Waals surface area contributed by atoms with Gasteiger partial charge in [0.15, 0.2) is 0 Å². The normalized spacial score (nSPS) is 10.5. The lowest BCUT2D eigenvalue weighted by Gasteiger charge is -2.07. The van der Waals surface area contributed by atoms with Gasteiger partial charge in [-0.1, -0.05) is 18.5 Å². The zero-order valence-corrected chi connectivity index (χ0v) is 11.7. The fourth-order valence-corrected chi connectivity index (χ4v) is 1.93. The third-order valence-corrected chi connectivity index (χ3v) is 3.03. The summed E-state index contributed by atoms with van der Waals surface area (Å²) in [4.78, 5) is 8.46. The molecule has 2 aromatic rings. The van der Waals surface area contributed by atoms with E-state index in [0.717, 1.165) is 28.5 Å². The van der Waals surface area contributed by atoms with Crippen LogP contribution in [-0.4, -0.2) is 17.0 Å². The average Bonchev–Trinajstić information content (AvgIpc) is 2.43. The van der Waals surface area contributed by atoms with E-state index in [1.54, 1.807) is 12.4 Å². The van der Waals surface area contributed by atoms with E-state index >= 15 is 0 Å². The van der Waals surface area contributed by atoms with Crippen molar-refractivity contribution < 1.29 is 4.74 Å². The van der Waals surface area contributed by atoms with Crippen LogP contribution in [-0.2, 0) is 13.0 Å². The lowest BCUT2D eigenvalue weighted by Crippen LogP contribution is -2.07. The number of benzene rings is 1. The van der Waals surface area contributed by atoms with Gasteiger partial charge >= 0.3 is 0 Å². The first kappa shape index (κ1) is 13.8. The van der Waals surface area contributed by atoms with Crippen LogP contribution in [0.2, 0.25) is 5.02 Å². The van der Waals surface area contributed by atoms with E-state index in [0.29, 0.717) is 12.4 Å². The molecular formula is C14H16ClN3O. The molecule has 2 rings (SSSR count). The van der Waals surface area contributed by atoms with Crippen LogP contribution in [0.4, 0.5) is 0 Å². The lowest BCUT2D eigenvalue weighted by molar-refractivity contribution is 0.458. The van der Waals surface area contributed by atoms with Gasteiger partial charge in [0.2, 0.25) is 5.88 Å². The Balaban J connectivity index is 2.12. The molecule has 0 bridgehead atoms. The van der Waals surface area contributed by atoms with Crippen LogP contribution in [0.15, 0.2) is 30.6 Å². The molecule has 1 heterocycles. The van der Waals surface area contributed by atoms with Crippen LogP contribution in [0.25, 0.3) is 0 Å². The molecule has 0 atom stereocenters. The van der Waals surface area contributed by atoms with E-state index in [1.807, 2.05) is 25.2 Å². The number of aromatic nitrogens is 2. The maximum atomic E-state index is 6.06. The van der Waals surface area contributed by atoms with Gasteiger partial charge in [-0.05, 0) is 37.2 Å². The molecule has 4 nitrogen and oxygen atoms in total. The predicted octanol–water partition coefficient (Wildman–Crippen LogP) is 3.20. The van der Waals surface area contributed by atoms with Gasteiger partial charge < -0.3 is 10.1 Å². The first-order chi connectivity index (χ1) is 9.22. The van der Waals surface area contributed by atoms with Crippen LogP contribution in [0.5, 0.6) is 11.6 Å². The molecule has 1 aromatic carbocycles. The molecular weight excluding hydrogens is 262 g/mol. The second-order valence-electron chi connectivity index (χ2n) is 4.09. The summed E-state index contributed by atoms with van der Waals surface area (Å²) in [7, 11) is 1.87. The van der Waals surface area contributed by atoms with Crippen molar-refractivity contribution in [1.29, 1.82) is 0 Å². The first-order valence-electron chi connectivity index (χ1n) is 6.14. The smallest absolute Gasteiger partial charge is 0.237 e. The van der Waals surface area contributed by atoms with Gasteiger partial charge in [-0.3, -0.25) is 4.98 Å². The molecule has 0 radical (unpaired) electrons. The van der Waals surface area contributed by atoms with Gasteiger partial charge in [-0.15, -0.1) is 0 Å². The summed E-state index contributed by atoms with van der Waals surface area (Å²) in [6.45, 7) is 2.74. The number of hydrogen-bond acceptors (Lipinski definition) is 4. The summed E-state index contributed by atoms with van der Waals surface area (Å²) >= 11 is 6.06. The van der Waals surface area contributed by atoms with Crippen molar-refractivity contribution in [1.82, 2.24) is 15.3 Å². The van der Waals surface area contributed by atoms with E-state index in [4.69, 9.17) is 16.3 Å². The summed E-state index contributed by atoms with van der Waals surface area (Å²) in [5.74, 6) is 1.20. The van der Waals surface area contributed by atoms with Crippen LogP contribution in [0.1, 0.15) is 18.2 Å². The van der Waals surface area contributed by atoms with E-state index in [-0.39, 0.29) is 0 Å². The van der Waals surface area contributed by atoms with Crippen molar-refractivity contribution in [3.05, 3.63) is 46.9 Å². The molecule has 0 spiro atoms. The minimum Gasteiger partial charge on any atom is -0.437 e. The summed E-state index contributed by atoms with van der Waals surface area (Å²) in [6.07, 6.45) is 4.18. The molecule has 0 unspecified atom stereocenters. The van der Waals surface area contributed by atoms with Crippen LogP contribution < -0.4 is 10.1 Å². The average molecular weight is 278 g/mol. The fraction of sp³-hybridized carbons (Fsp3) is 0.286. The van der Waals surface area contributed by atoms with Crippen molar-refractivity contribution in [2.75, 3.05) is 7.05 Å². The Bertz CT molecular complexity index is 543. The highest BCUT2D eigenvalue weighted by atomic mass is 35.5. The molecule has 0 saturated carbocycles. The highest BCUT2D eigenvalue weighted by molar-refractivity contribution is 6.31. The topological polar surface area (TPSA) is 47.0 Å². The van der Waals surface area contributed by atoms with Crippen molar-refractivity contribution >= 4 is 11.6 Å². The zero-order valence-electron chi connectivity index (χ0n) is 11.0. The van der Waals surface area contributed by atoms with Gasteiger partial charge in [0.25, 0.3) is 0 Å². The number of halogens is 1.